The maximum Gasteiger partial charge on any atom is 0.104 e. The number of rotatable bonds is 1. The number of nitroso groups, excluding NO2 is 1. The predicted molar refractivity (Wildman–Crippen MR) is 42.1 cm³/mol. The molecular formula is C6H14N4O. The summed E-state index contributed by atoms with van der Waals surface area (Å²) in [5, 5.41) is 5.94. The largest absolute Gasteiger partial charge is 0.267 e. The molecule has 2 N–H and O–H groups in total. The van der Waals surface area contributed by atoms with E-state index in [0.29, 0.717) is 6.67 Å². The van der Waals surface area contributed by atoms with Crippen LogP contribution in [0.3, 0.4) is 0 Å². The average molecular weight is 158 g/mol. The molecule has 0 aromatic heterocycles. The van der Waals surface area contributed by atoms with Gasteiger partial charge in [0.2, 0.25) is 0 Å². The zero-order valence-corrected chi connectivity index (χ0v) is 6.57. The van der Waals surface area contributed by atoms with Gasteiger partial charge in [-0.25, -0.2) is 10.0 Å². The summed E-state index contributed by atoms with van der Waals surface area (Å²) in [5.41, 5.74) is 0. The SMILES string of the molecule is NN1CCCCCN(N=O)C1. The molecule has 0 bridgehead atoms. The Morgan fingerprint density at radius 2 is 1.91 bits per heavy atom. The average Bonchev–Trinajstić information content (AvgIpc) is 1.96. The summed E-state index contributed by atoms with van der Waals surface area (Å²) < 4.78 is 0. The van der Waals surface area contributed by atoms with Crippen molar-refractivity contribution >= 4 is 0 Å². The molecule has 64 valence electrons. The second-order valence-corrected chi connectivity index (χ2v) is 2.83. The Kier molecular flexibility index (Phi) is 3.25. The van der Waals surface area contributed by atoms with Crippen LogP contribution in [0.2, 0.25) is 0 Å². The quantitative estimate of drug-likeness (QED) is 0.440. The first kappa shape index (κ1) is 8.42. The maximum atomic E-state index is 10.2. The van der Waals surface area contributed by atoms with Crippen LogP contribution in [0.25, 0.3) is 0 Å². The van der Waals surface area contributed by atoms with Crippen molar-refractivity contribution in [2.24, 2.45) is 11.1 Å². The van der Waals surface area contributed by atoms with E-state index in [0.717, 1.165) is 32.4 Å². The molecule has 0 radical (unpaired) electrons. The fourth-order valence-electron chi connectivity index (χ4n) is 1.20. The lowest BCUT2D eigenvalue weighted by molar-refractivity contribution is 0.116. The summed E-state index contributed by atoms with van der Waals surface area (Å²) in [6, 6.07) is 0. The van der Waals surface area contributed by atoms with Crippen LogP contribution in [-0.4, -0.2) is 29.8 Å². The van der Waals surface area contributed by atoms with Gasteiger partial charge in [-0.1, -0.05) is 6.42 Å². The number of nitrogens with two attached hydrogens (primary N) is 1. The zero-order valence-electron chi connectivity index (χ0n) is 6.57. The van der Waals surface area contributed by atoms with Crippen molar-refractivity contribution < 1.29 is 0 Å². The Morgan fingerprint density at radius 3 is 2.64 bits per heavy atom. The smallest absolute Gasteiger partial charge is 0.104 e. The third-order valence-electron chi connectivity index (χ3n) is 1.82. The number of hydrogen-bond acceptors (Lipinski definition) is 4. The van der Waals surface area contributed by atoms with Crippen molar-refractivity contribution in [1.82, 2.24) is 10.0 Å². The van der Waals surface area contributed by atoms with Crippen molar-refractivity contribution in [3.8, 4) is 0 Å². The number of hydrogen-bond donors (Lipinski definition) is 1. The highest BCUT2D eigenvalue weighted by Gasteiger charge is 2.09. The molecule has 1 aliphatic heterocycles. The lowest BCUT2D eigenvalue weighted by Crippen LogP contribution is -2.42. The molecule has 0 aromatic carbocycles. The lowest BCUT2D eigenvalue weighted by atomic mass is 10.2. The topological polar surface area (TPSA) is 61.9 Å². The summed E-state index contributed by atoms with van der Waals surface area (Å²) >= 11 is 0. The molecule has 0 unspecified atom stereocenters. The molecule has 1 saturated heterocycles. The van der Waals surface area contributed by atoms with Crippen molar-refractivity contribution in [2.45, 2.75) is 19.3 Å². The zero-order chi connectivity index (χ0) is 8.10. The molecule has 0 aromatic rings. The van der Waals surface area contributed by atoms with Gasteiger partial charge in [-0.05, 0) is 12.8 Å². The normalized spacial score (nSPS) is 22.5. The van der Waals surface area contributed by atoms with Gasteiger partial charge in [0.25, 0.3) is 0 Å². The molecule has 0 spiro atoms. The van der Waals surface area contributed by atoms with E-state index in [2.05, 4.69) is 5.29 Å². The van der Waals surface area contributed by atoms with Crippen LogP contribution in [0.5, 0.6) is 0 Å². The Balaban J connectivity index is 2.34. The monoisotopic (exact) mass is 158 g/mol. The second-order valence-electron chi connectivity index (χ2n) is 2.83. The molecule has 5 heteroatoms. The third kappa shape index (κ3) is 2.81. The molecule has 5 nitrogen and oxygen atoms in total. The summed E-state index contributed by atoms with van der Waals surface area (Å²) in [6.07, 6.45) is 3.28. The predicted octanol–water partition coefficient (Wildman–Crippen LogP) is 0.287. The van der Waals surface area contributed by atoms with Crippen LogP contribution in [0.15, 0.2) is 5.29 Å². The van der Waals surface area contributed by atoms with Crippen molar-refractivity contribution in [3.05, 3.63) is 4.91 Å². The van der Waals surface area contributed by atoms with Gasteiger partial charge in [0.05, 0.1) is 5.29 Å². The second kappa shape index (κ2) is 4.25. The van der Waals surface area contributed by atoms with Gasteiger partial charge in [0.15, 0.2) is 0 Å². The molecule has 11 heavy (non-hydrogen) atoms. The van der Waals surface area contributed by atoms with E-state index in [1.807, 2.05) is 0 Å². The van der Waals surface area contributed by atoms with Gasteiger partial charge in [-0.3, -0.25) is 5.84 Å². The number of nitrogens with zero attached hydrogens (tertiary/aromatic N) is 3. The molecule has 1 rings (SSSR count). The van der Waals surface area contributed by atoms with Crippen LogP contribution >= 0.6 is 0 Å². The molecule has 0 saturated carbocycles. The number of hydrazine groups is 1. The molecule has 1 aliphatic rings. The van der Waals surface area contributed by atoms with Gasteiger partial charge in [-0.15, -0.1) is 4.91 Å². The molecule has 0 aliphatic carbocycles. The van der Waals surface area contributed by atoms with Gasteiger partial charge < -0.3 is 0 Å². The molecule has 1 fully saturated rings. The van der Waals surface area contributed by atoms with E-state index in [1.54, 1.807) is 5.01 Å². The molecule has 0 atom stereocenters. The van der Waals surface area contributed by atoms with Gasteiger partial charge >= 0.3 is 0 Å². The Bertz CT molecular complexity index is 130. The minimum Gasteiger partial charge on any atom is -0.267 e. The fraction of sp³-hybridized carbons (Fsp3) is 1.00. The first-order chi connectivity index (χ1) is 5.33. The third-order valence-corrected chi connectivity index (χ3v) is 1.82. The minimum absolute atomic E-state index is 0.462. The fourth-order valence-corrected chi connectivity index (χ4v) is 1.20. The van der Waals surface area contributed by atoms with E-state index in [-0.39, 0.29) is 0 Å². The standard InChI is InChI=1S/C6H14N4O/c7-9-4-2-1-3-5-10(6-9)8-11/h1-7H2. The van der Waals surface area contributed by atoms with Crippen molar-refractivity contribution in [3.63, 3.8) is 0 Å². The minimum atomic E-state index is 0.462. The Morgan fingerprint density at radius 1 is 1.18 bits per heavy atom. The van der Waals surface area contributed by atoms with Crippen LogP contribution in [0.4, 0.5) is 0 Å². The first-order valence-corrected chi connectivity index (χ1v) is 3.91. The van der Waals surface area contributed by atoms with Crippen LogP contribution in [0, 0.1) is 4.91 Å². The van der Waals surface area contributed by atoms with E-state index in [1.165, 1.54) is 5.01 Å². The van der Waals surface area contributed by atoms with Gasteiger partial charge in [0, 0.05) is 13.1 Å². The summed E-state index contributed by atoms with van der Waals surface area (Å²) in [5.74, 6) is 5.56. The van der Waals surface area contributed by atoms with Crippen molar-refractivity contribution in [1.29, 1.82) is 0 Å². The maximum absolute atomic E-state index is 10.2. The summed E-state index contributed by atoms with van der Waals surface area (Å²) in [4.78, 5) is 10.2. The van der Waals surface area contributed by atoms with Crippen LogP contribution in [0.1, 0.15) is 19.3 Å². The van der Waals surface area contributed by atoms with Crippen LogP contribution in [-0.2, 0) is 0 Å². The molecule has 1 heterocycles. The van der Waals surface area contributed by atoms with Gasteiger partial charge in [0.1, 0.15) is 6.67 Å². The highest BCUT2D eigenvalue weighted by Crippen LogP contribution is 2.04. The first-order valence-electron chi connectivity index (χ1n) is 3.91. The Labute approximate surface area is 66.1 Å². The van der Waals surface area contributed by atoms with Crippen LogP contribution < -0.4 is 5.84 Å². The van der Waals surface area contributed by atoms with E-state index in [4.69, 9.17) is 5.84 Å². The molecular weight excluding hydrogens is 144 g/mol. The highest BCUT2D eigenvalue weighted by molar-refractivity contribution is 4.57. The summed E-state index contributed by atoms with van der Waals surface area (Å²) in [7, 11) is 0. The van der Waals surface area contributed by atoms with E-state index in [9.17, 15) is 4.91 Å². The highest BCUT2D eigenvalue weighted by atomic mass is 16.3. The molecule has 0 amide bonds. The van der Waals surface area contributed by atoms with E-state index >= 15 is 0 Å². The Hall–Kier alpha value is -0.680. The van der Waals surface area contributed by atoms with Crippen molar-refractivity contribution in [2.75, 3.05) is 19.8 Å². The lowest BCUT2D eigenvalue weighted by Gasteiger charge is -2.25. The van der Waals surface area contributed by atoms with E-state index < -0.39 is 0 Å². The van der Waals surface area contributed by atoms with Gasteiger partial charge in [-0.2, -0.15) is 0 Å². The summed E-state index contributed by atoms with van der Waals surface area (Å²) in [6.45, 7) is 2.05.